The van der Waals surface area contributed by atoms with E-state index in [-0.39, 0.29) is 39.8 Å². The van der Waals surface area contributed by atoms with Gasteiger partial charge in [0.2, 0.25) is 4.80 Å². The summed E-state index contributed by atoms with van der Waals surface area (Å²) in [6.45, 7) is 7.09. The summed E-state index contributed by atoms with van der Waals surface area (Å²) in [6, 6.07) is 9.07. The molecule has 1 aromatic heterocycles. The van der Waals surface area contributed by atoms with E-state index in [4.69, 9.17) is 43.8 Å². The number of carbonyl (C=O) groups excluding carboxylic acids is 2. The van der Waals surface area contributed by atoms with Gasteiger partial charge in [-0.1, -0.05) is 41.4 Å². The summed E-state index contributed by atoms with van der Waals surface area (Å²) >= 11 is 14.2. The van der Waals surface area contributed by atoms with Gasteiger partial charge in [0, 0.05) is 35.8 Å². The third kappa shape index (κ3) is 12.8. The normalized spacial score (nSPS) is 16.8. The van der Waals surface area contributed by atoms with Gasteiger partial charge in [0.05, 0.1) is 36.5 Å². The Balaban J connectivity index is 0.000000232. The van der Waals surface area contributed by atoms with Gasteiger partial charge >= 0.3 is 16.8 Å². The number of esters is 1. The fourth-order valence-electron chi connectivity index (χ4n) is 4.53. The van der Waals surface area contributed by atoms with E-state index in [1.165, 1.54) is 24.9 Å². The van der Waals surface area contributed by atoms with Gasteiger partial charge < -0.3 is 20.5 Å². The number of thioether (sulfide) groups is 1. The first-order valence-corrected chi connectivity index (χ1v) is 20.7. The lowest BCUT2D eigenvalue weighted by Gasteiger charge is -2.16. The molecule has 2 aliphatic rings. The van der Waals surface area contributed by atoms with E-state index >= 15 is 0 Å². The highest BCUT2D eigenvalue weighted by Gasteiger charge is 2.40. The van der Waals surface area contributed by atoms with Crippen LogP contribution in [-0.4, -0.2) is 80.6 Å². The van der Waals surface area contributed by atoms with E-state index in [0.717, 1.165) is 47.6 Å². The number of aromatic nitrogens is 2. The number of nitrogens with zero attached hydrogens (tertiary/aromatic N) is 4. The first-order valence-electron chi connectivity index (χ1n) is 15.8. The van der Waals surface area contributed by atoms with Crippen LogP contribution in [0.2, 0.25) is 10.0 Å². The van der Waals surface area contributed by atoms with Gasteiger partial charge in [-0.05, 0) is 68.2 Å². The molecular formula is C32H41Cl2FN5O9PS2. The third-order valence-corrected chi connectivity index (χ3v) is 11.3. The predicted molar refractivity (Wildman–Crippen MR) is 198 cm³/mol. The molecule has 14 nitrogen and oxygen atoms in total. The number of benzene rings is 2. The van der Waals surface area contributed by atoms with Crippen molar-refractivity contribution >= 4 is 77.2 Å². The first-order chi connectivity index (χ1) is 24.3. The fraction of sp³-hybridized carbons (Fsp3) is 0.469. The maximum Gasteiger partial charge on any atom is 0.325 e. The van der Waals surface area contributed by atoms with Crippen LogP contribution in [0.1, 0.15) is 38.7 Å². The quantitative estimate of drug-likeness (QED) is 0.139. The number of fused-ring (bicyclic) bond motifs is 1. The van der Waals surface area contributed by atoms with Gasteiger partial charge in [0.1, 0.15) is 17.5 Å². The maximum absolute atomic E-state index is 14.3. The van der Waals surface area contributed by atoms with E-state index in [1.54, 1.807) is 9.36 Å². The number of nitrogens with two attached hydrogens (primary N) is 1. The van der Waals surface area contributed by atoms with Gasteiger partial charge in [0.25, 0.3) is 5.91 Å². The minimum Gasteiger partial charge on any atom is -0.480 e. The van der Waals surface area contributed by atoms with Crippen molar-refractivity contribution < 1.29 is 42.9 Å². The zero-order valence-electron chi connectivity index (χ0n) is 28.9. The average molecular weight is 825 g/mol. The summed E-state index contributed by atoms with van der Waals surface area (Å²) < 4.78 is 32.9. The second-order valence-corrected chi connectivity index (χ2v) is 17.7. The van der Waals surface area contributed by atoms with E-state index in [9.17, 15) is 28.1 Å². The average Bonchev–Trinajstić information content (AvgIpc) is 3.54. The van der Waals surface area contributed by atoms with Gasteiger partial charge in [-0.25, -0.2) is 19.1 Å². The summed E-state index contributed by atoms with van der Waals surface area (Å²) in [7, 11) is -1.81. The Hall–Kier alpha value is -3.02. The van der Waals surface area contributed by atoms with Crippen molar-refractivity contribution in [1.29, 1.82) is 0 Å². The molecule has 2 aliphatic heterocycles. The summed E-state index contributed by atoms with van der Waals surface area (Å²) in [5.74, 6) is -2.06. The molecule has 1 saturated heterocycles. The molecule has 5 rings (SSSR count). The topological polar surface area (TPSA) is 196 Å². The standard InChI is InChI=1S/C15H15ClFN3O3S2.C12H14ClNO2.C5H12NO4P/c1-23-13(21)8-24-12-7-11(10(17)6-9(12)16)18-14-19-4-2-3-5-20(19)15(22)25-14;1-12(2)8-16-14(11(12)15)7-9-5-3-4-6-10(9)13;1-11(9,10)3-2-4(6)5(7)8/h6-7H,2-5,8H2,1H3;3-6H,7-8H2,1-2H3;4H,2-3,6H2,1H3,(H,7,8)(H,9,10). The molecule has 3 heterocycles. The summed E-state index contributed by atoms with van der Waals surface area (Å²) in [5.41, 5.74) is 5.64. The van der Waals surface area contributed by atoms with E-state index < -0.39 is 36.6 Å². The number of hydroxylamine groups is 2. The fourth-order valence-corrected chi connectivity index (χ4v) is 7.47. The van der Waals surface area contributed by atoms with Crippen molar-refractivity contribution in [1.82, 2.24) is 14.4 Å². The number of amides is 1. The van der Waals surface area contributed by atoms with Crippen LogP contribution in [0.5, 0.6) is 0 Å². The molecule has 52 heavy (non-hydrogen) atoms. The van der Waals surface area contributed by atoms with Crippen molar-refractivity contribution in [3.8, 4) is 0 Å². The van der Waals surface area contributed by atoms with Gasteiger partial charge in [-0.3, -0.25) is 33.3 Å². The number of aliphatic carboxylic acids is 1. The lowest BCUT2D eigenvalue weighted by molar-refractivity contribution is -0.165. The molecule has 2 atom stereocenters. The molecule has 20 heteroatoms. The third-order valence-electron chi connectivity index (χ3n) is 7.51. The van der Waals surface area contributed by atoms with E-state index in [0.29, 0.717) is 41.0 Å². The molecule has 0 radical (unpaired) electrons. The zero-order chi connectivity index (χ0) is 38.8. The second-order valence-electron chi connectivity index (χ2n) is 12.4. The van der Waals surface area contributed by atoms with Crippen LogP contribution in [0.15, 0.2) is 51.1 Å². The summed E-state index contributed by atoms with van der Waals surface area (Å²) in [4.78, 5) is 64.6. The molecule has 0 aliphatic carbocycles. The molecule has 0 bridgehead atoms. The van der Waals surface area contributed by atoms with Crippen molar-refractivity contribution in [2.45, 2.75) is 63.7 Å². The van der Waals surface area contributed by atoms with Crippen LogP contribution in [0.25, 0.3) is 0 Å². The Morgan fingerprint density at radius 3 is 2.40 bits per heavy atom. The molecule has 1 amide bonds. The molecule has 2 unspecified atom stereocenters. The molecule has 1 fully saturated rings. The Morgan fingerprint density at radius 2 is 1.83 bits per heavy atom. The lowest BCUT2D eigenvalue weighted by atomic mass is 9.95. The van der Waals surface area contributed by atoms with Gasteiger partial charge in [-0.15, -0.1) is 11.8 Å². The van der Waals surface area contributed by atoms with Gasteiger partial charge in [0.15, 0.2) is 7.37 Å². The minimum atomic E-state index is -3.10. The number of hydrogen-bond donors (Lipinski definition) is 3. The van der Waals surface area contributed by atoms with E-state index in [1.807, 2.05) is 38.1 Å². The smallest absolute Gasteiger partial charge is 0.325 e. The Kier molecular flexibility index (Phi) is 16.1. The highest BCUT2D eigenvalue weighted by molar-refractivity contribution is 8.00. The Bertz CT molecular complexity index is 1930. The largest absolute Gasteiger partial charge is 0.480 e. The van der Waals surface area contributed by atoms with Crippen molar-refractivity contribution in [2.24, 2.45) is 16.1 Å². The number of halogens is 3. The Morgan fingerprint density at radius 1 is 1.17 bits per heavy atom. The highest BCUT2D eigenvalue weighted by Crippen LogP contribution is 2.36. The molecule has 3 aromatic rings. The number of ether oxygens (including phenoxy) is 1. The number of methoxy groups -OCH3 is 1. The van der Waals surface area contributed by atoms with Crippen LogP contribution >= 0.6 is 53.7 Å². The predicted octanol–water partition coefficient (Wildman–Crippen LogP) is 5.12. The number of carbonyl (C=O) groups is 3. The van der Waals surface area contributed by atoms with Crippen molar-refractivity contribution in [3.63, 3.8) is 0 Å². The molecular weight excluding hydrogens is 783 g/mol. The first kappa shape index (κ1) is 43.4. The zero-order valence-corrected chi connectivity index (χ0v) is 33.0. The van der Waals surface area contributed by atoms with Crippen LogP contribution in [0, 0.1) is 11.2 Å². The summed E-state index contributed by atoms with van der Waals surface area (Å²) in [5, 5.41) is 10.5. The number of carboxylic acid groups (broad SMARTS) is 1. The van der Waals surface area contributed by atoms with Gasteiger partial charge in [-0.2, -0.15) is 0 Å². The van der Waals surface area contributed by atoms with Crippen LogP contribution in [0.4, 0.5) is 10.1 Å². The monoisotopic (exact) mass is 823 g/mol. The number of hydrogen-bond acceptors (Lipinski definition) is 11. The molecule has 0 spiro atoms. The van der Waals surface area contributed by atoms with Crippen LogP contribution < -0.4 is 15.4 Å². The lowest BCUT2D eigenvalue weighted by Crippen LogP contribution is -2.31. The second kappa shape index (κ2) is 19.3. The van der Waals surface area contributed by atoms with Crippen LogP contribution in [0.3, 0.4) is 0 Å². The molecule has 0 saturated carbocycles. The highest BCUT2D eigenvalue weighted by atomic mass is 35.5. The number of rotatable bonds is 10. The van der Waals surface area contributed by atoms with Crippen LogP contribution in [-0.2, 0) is 48.2 Å². The Labute approximate surface area is 317 Å². The number of carboxylic acids is 1. The summed E-state index contributed by atoms with van der Waals surface area (Å²) in [6.07, 6.45) is 1.90. The van der Waals surface area contributed by atoms with Crippen molar-refractivity contribution in [3.05, 3.63) is 72.3 Å². The SMILES string of the molecule is CC1(C)CON(Cc2ccccc2Cl)C1=O.COC(=O)CSc1cc(N=c2sc(=O)n3n2CCCC3)c(F)cc1Cl.CP(=O)(O)CCC(N)C(=O)O. The molecule has 2 aromatic carbocycles. The maximum atomic E-state index is 14.3. The van der Waals surface area contributed by atoms with Crippen molar-refractivity contribution in [2.75, 3.05) is 32.3 Å². The van der Waals surface area contributed by atoms with E-state index in [2.05, 4.69) is 9.73 Å². The molecule has 4 N–H and O–H groups in total. The minimum absolute atomic E-state index is 0.00687. The molecule has 286 valence electrons.